The average molecular weight is 330 g/mol. The number of nitrogens with zero attached hydrogens (tertiary/aromatic N) is 3. The number of fused-ring (bicyclic) bond motifs is 1. The first-order chi connectivity index (χ1) is 10.9. The van der Waals surface area contributed by atoms with Crippen LogP contribution in [0.5, 0.6) is 0 Å². The molecule has 118 valence electrons. The minimum absolute atomic E-state index is 0.243. The topological polar surface area (TPSA) is 101 Å². The first-order valence-electron chi connectivity index (χ1n) is 6.84. The van der Waals surface area contributed by atoms with E-state index in [9.17, 15) is 14.7 Å². The Labute approximate surface area is 135 Å². The number of carbonyl (C=O) groups is 1. The lowest BCUT2D eigenvalue weighted by Crippen LogP contribution is -2.28. The Balaban J connectivity index is 2.13. The highest BCUT2D eigenvalue weighted by Crippen LogP contribution is 2.30. The monoisotopic (exact) mass is 330 g/mol. The van der Waals surface area contributed by atoms with Crippen molar-refractivity contribution in [2.45, 2.75) is 23.8 Å². The highest BCUT2D eigenvalue weighted by molar-refractivity contribution is 8.01. The maximum atomic E-state index is 12.2. The summed E-state index contributed by atoms with van der Waals surface area (Å²) in [5.41, 5.74) is 0.818. The Hall–Kier alpha value is -2.61. The Morgan fingerprint density at radius 1 is 1.30 bits per heavy atom. The van der Waals surface area contributed by atoms with E-state index in [4.69, 9.17) is 0 Å². The van der Waals surface area contributed by atoms with Crippen LogP contribution in [0.1, 0.15) is 13.8 Å². The number of aromatic amines is 1. The Morgan fingerprint density at radius 3 is 2.65 bits per heavy atom. The van der Waals surface area contributed by atoms with Crippen LogP contribution < -0.4 is 5.56 Å². The number of para-hydroxylation sites is 1. The van der Waals surface area contributed by atoms with Crippen LogP contribution in [0.3, 0.4) is 0 Å². The summed E-state index contributed by atoms with van der Waals surface area (Å²) < 4.78 is 0.448. The fourth-order valence-electron chi connectivity index (χ4n) is 1.99. The molecular formula is C15H14N4O3S. The molecule has 0 aliphatic rings. The molecule has 0 unspecified atom stereocenters. The summed E-state index contributed by atoms with van der Waals surface area (Å²) in [4.78, 5) is 30.4. The van der Waals surface area contributed by atoms with E-state index in [1.165, 1.54) is 6.20 Å². The van der Waals surface area contributed by atoms with Crippen LogP contribution in [0.25, 0.3) is 16.7 Å². The van der Waals surface area contributed by atoms with Crippen molar-refractivity contribution in [1.82, 2.24) is 19.7 Å². The van der Waals surface area contributed by atoms with Crippen molar-refractivity contribution in [2.24, 2.45) is 0 Å². The van der Waals surface area contributed by atoms with E-state index in [1.54, 1.807) is 18.5 Å². The first kappa shape index (κ1) is 15.3. The van der Waals surface area contributed by atoms with Crippen LogP contribution in [0, 0.1) is 0 Å². The Bertz CT molecular complexity index is 931. The van der Waals surface area contributed by atoms with Gasteiger partial charge in [-0.3, -0.25) is 9.59 Å². The van der Waals surface area contributed by atoms with Gasteiger partial charge in [0.15, 0.2) is 10.8 Å². The number of aliphatic carboxylic acids is 1. The molecule has 0 amide bonds. The van der Waals surface area contributed by atoms with E-state index in [-0.39, 0.29) is 10.7 Å². The van der Waals surface area contributed by atoms with E-state index in [2.05, 4.69) is 15.1 Å². The molecule has 0 aliphatic heterocycles. The number of benzene rings is 1. The van der Waals surface area contributed by atoms with Gasteiger partial charge in [0, 0.05) is 0 Å². The quantitative estimate of drug-likeness (QED) is 0.561. The maximum absolute atomic E-state index is 12.2. The van der Waals surface area contributed by atoms with Crippen molar-refractivity contribution >= 4 is 28.8 Å². The molecule has 2 N–H and O–H groups in total. The van der Waals surface area contributed by atoms with Gasteiger partial charge in [0.1, 0.15) is 10.1 Å². The standard InChI is InChI=1S/C15H14N4O3S/c1-15(2,13(21)22)23-14-17-11-10(12(20)18-14)8-16-19(11)9-6-4-3-5-7-9/h3-8H,1-2H3,(H,21,22)(H,17,18,20). The smallest absolute Gasteiger partial charge is 0.319 e. The number of hydrogen-bond donors (Lipinski definition) is 2. The number of rotatable bonds is 4. The molecule has 3 aromatic rings. The van der Waals surface area contributed by atoms with Gasteiger partial charge < -0.3 is 10.1 Å². The summed E-state index contributed by atoms with van der Waals surface area (Å²) in [6.07, 6.45) is 1.45. The largest absolute Gasteiger partial charge is 0.480 e. The lowest BCUT2D eigenvalue weighted by molar-refractivity contribution is -0.138. The van der Waals surface area contributed by atoms with Gasteiger partial charge in [0.25, 0.3) is 5.56 Å². The molecule has 8 heteroatoms. The fourth-order valence-corrected chi connectivity index (χ4v) is 2.84. The molecule has 0 saturated carbocycles. The number of carboxylic acid groups (broad SMARTS) is 1. The molecule has 2 heterocycles. The van der Waals surface area contributed by atoms with Gasteiger partial charge in [-0.25, -0.2) is 9.67 Å². The summed E-state index contributed by atoms with van der Waals surface area (Å²) in [6.45, 7) is 3.11. The van der Waals surface area contributed by atoms with Crippen molar-refractivity contribution in [3.05, 3.63) is 46.9 Å². The molecule has 0 spiro atoms. The van der Waals surface area contributed by atoms with E-state index in [0.29, 0.717) is 11.0 Å². The number of nitrogens with one attached hydrogen (secondary N) is 1. The predicted octanol–water partition coefficient (Wildman–Crippen LogP) is 2.06. The molecule has 0 saturated heterocycles. The Kier molecular flexibility index (Phi) is 3.69. The zero-order valence-electron chi connectivity index (χ0n) is 12.5. The third kappa shape index (κ3) is 2.85. The van der Waals surface area contributed by atoms with E-state index < -0.39 is 10.7 Å². The molecule has 0 radical (unpaired) electrons. The second-order valence-corrected chi connectivity index (χ2v) is 7.03. The van der Waals surface area contributed by atoms with Crippen LogP contribution in [0.2, 0.25) is 0 Å². The number of thioether (sulfide) groups is 1. The van der Waals surface area contributed by atoms with Crippen molar-refractivity contribution in [2.75, 3.05) is 0 Å². The van der Waals surface area contributed by atoms with Gasteiger partial charge in [0.2, 0.25) is 0 Å². The molecule has 7 nitrogen and oxygen atoms in total. The van der Waals surface area contributed by atoms with Gasteiger partial charge in [-0.1, -0.05) is 30.0 Å². The van der Waals surface area contributed by atoms with E-state index in [0.717, 1.165) is 17.4 Å². The van der Waals surface area contributed by atoms with Crippen LogP contribution >= 0.6 is 11.8 Å². The van der Waals surface area contributed by atoms with Crippen LogP contribution in [-0.2, 0) is 4.79 Å². The molecule has 0 bridgehead atoms. The summed E-state index contributed by atoms with van der Waals surface area (Å²) >= 11 is 0.983. The fraction of sp³-hybridized carbons (Fsp3) is 0.200. The molecule has 0 atom stereocenters. The highest BCUT2D eigenvalue weighted by atomic mass is 32.2. The summed E-state index contributed by atoms with van der Waals surface area (Å²) in [6, 6.07) is 9.30. The minimum atomic E-state index is -1.11. The number of hydrogen-bond acceptors (Lipinski definition) is 5. The second kappa shape index (κ2) is 5.54. The van der Waals surface area contributed by atoms with E-state index >= 15 is 0 Å². The van der Waals surface area contributed by atoms with E-state index in [1.807, 2.05) is 30.3 Å². The van der Waals surface area contributed by atoms with Gasteiger partial charge >= 0.3 is 5.97 Å². The second-order valence-electron chi connectivity index (χ2n) is 5.42. The average Bonchev–Trinajstić information content (AvgIpc) is 2.92. The van der Waals surface area contributed by atoms with Gasteiger partial charge in [-0.2, -0.15) is 5.10 Å². The SMILES string of the molecule is CC(C)(Sc1nc2c(cnn2-c2ccccc2)c(=O)[nH]1)C(=O)O. The molecule has 2 aromatic heterocycles. The number of H-pyrrole nitrogens is 1. The molecular weight excluding hydrogens is 316 g/mol. The third-order valence-corrected chi connectivity index (χ3v) is 4.36. The van der Waals surface area contributed by atoms with Crippen LogP contribution in [0.15, 0.2) is 46.5 Å². The third-order valence-electron chi connectivity index (χ3n) is 3.28. The first-order valence-corrected chi connectivity index (χ1v) is 7.66. The molecule has 3 rings (SSSR count). The summed E-state index contributed by atoms with van der Waals surface area (Å²) in [5.74, 6) is -0.984. The zero-order chi connectivity index (χ0) is 16.6. The summed E-state index contributed by atoms with van der Waals surface area (Å²) in [5, 5.41) is 14.0. The van der Waals surface area contributed by atoms with Crippen molar-refractivity contribution in [3.63, 3.8) is 0 Å². The Morgan fingerprint density at radius 2 is 2.00 bits per heavy atom. The van der Waals surface area contributed by atoms with Crippen molar-refractivity contribution in [1.29, 1.82) is 0 Å². The van der Waals surface area contributed by atoms with Crippen molar-refractivity contribution in [3.8, 4) is 5.69 Å². The number of aromatic nitrogens is 4. The molecule has 1 aromatic carbocycles. The molecule has 0 aliphatic carbocycles. The minimum Gasteiger partial charge on any atom is -0.480 e. The number of carboxylic acids is 1. The predicted molar refractivity (Wildman–Crippen MR) is 87.1 cm³/mol. The van der Waals surface area contributed by atoms with Crippen LogP contribution in [0.4, 0.5) is 0 Å². The zero-order valence-corrected chi connectivity index (χ0v) is 13.3. The molecule has 23 heavy (non-hydrogen) atoms. The normalized spacial score (nSPS) is 11.7. The molecule has 0 fully saturated rings. The van der Waals surface area contributed by atoms with Gasteiger partial charge in [0.05, 0.1) is 11.9 Å². The lowest BCUT2D eigenvalue weighted by atomic mass is 10.2. The highest BCUT2D eigenvalue weighted by Gasteiger charge is 2.30. The maximum Gasteiger partial charge on any atom is 0.319 e. The summed E-state index contributed by atoms with van der Waals surface area (Å²) in [7, 11) is 0. The van der Waals surface area contributed by atoms with Gasteiger partial charge in [-0.15, -0.1) is 0 Å². The van der Waals surface area contributed by atoms with Crippen molar-refractivity contribution < 1.29 is 9.90 Å². The van der Waals surface area contributed by atoms with Gasteiger partial charge in [-0.05, 0) is 26.0 Å². The lowest BCUT2D eigenvalue weighted by Gasteiger charge is -2.17. The van der Waals surface area contributed by atoms with Crippen LogP contribution in [-0.4, -0.2) is 35.6 Å².